The van der Waals surface area contributed by atoms with Crippen molar-refractivity contribution in [3.05, 3.63) is 0 Å². The molecule has 1 saturated carbocycles. The summed E-state index contributed by atoms with van der Waals surface area (Å²) in [6, 6.07) is 0.774. The maximum Gasteiger partial charge on any atom is 0.0317 e. The zero-order chi connectivity index (χ0) is 9.80. The molecule has 1 aliphatic carbocycles. The molecular formula is C12H24N2. The largest absolute Gasteiger partial charge is 0.314 e. The highest BCUT2D eigenvalue weighted by atomic mass is 15.1. The first kappa shape index (κ1) is 10.4. The maximum absolute atomic E-state index is 3.62. The first-order valence-electron chi connectivity index (χ1n) is 6.28. The van der Waals surface area contributed by atoms with Crippen molar-refractivity contribution >= 4 is 0 Å². The molecule has 0 aromatic rings. The van der Waals surface area contributed by atoms with Crippen molar-refractivity contribution in [1.82, 2.24) is 10.6 Å². The van der Waals surface area contributed by atoms with Gasteiger partial charge in [-0.1, -0.05) is 26.2 Å². The Hall–Kier alpha value is -0.0800. The summed E-state index contributed by atoms with van der Waals surface area (Å²) in [4.78, 5) is 0. The molecule has 0 aromatic carbocycles. The van der Waals surface area contributed by atoms with Gasteiger partial charge < -0.3 is 10.6 Å². The van der Waals surface area contributed by atoms with E-state index < -0.39 is 0 Å². The molecule has 2 rings (SSSR count). The minimum atomic E-state index is 0.774. The minimum Gasteiger partial charge on any atom is -0.314 e. The fourth-order valence-corrected chi connectivity index (χ4v) is 2.75. The van der Waals surface area contributed by atoms with Crippen LogP contribution >= 0.6 is 0 Å². The van der Waals surface area contributed by atoms with Gasteiger partial charge in [-0.3, -0.25) is 0 Å². The van der Waals surface area contributed by atoms with Crippen molar-refractivity contribution in [2.24, 2.45) is 11.8 Å². The first-order valence-corrected chi connectivity index (χ1v) is 6.28. The molecule has 1 aliphatic heterocycles. The monoisotopic (exact) mass is 196 g/mol. The molecule has 1 heterocycles. The van der Waals surface area contributed by atoms with E-state index in [2.05, 4.69) is 17.6 Å². The van der Waals surface area contributed by atoms with Crippen LogP contribution in [0, 0.1) is 11.8 Å². The van der Waals surface area contributed by atoms with Crippen LogP contribution in [-0.4, -0.2) is 25.7 Å². The van der Waals surface area contributed by atoms with Gasteiger partial charge in [0.2, 0.25) is 0 Å². The van der Waals surface area contributed by atoms with Gasteiger partial charge in [0.1, 0.15) is 0 Å². The van der Waals surface area contributed by atoms with E-state index in [0.717, 1.165) is 17.9 Å². The highest BCUT2D eigenvalue weighted by molar-refractivity contribution is 4.81. The second-order valence-electron chi connectivity index (χ2n) is 5.24. The smallest absolute Gasteiger partial charge is 0.0317 e. The molecule has 2 unspecified atom stereocenters. The molecule has 2 aliphatic rings. The van der Waals surface area contributed by atoms with Crippen LogP contribution in [0.3, 0.4) is 0 Å². The highest BCUT2D eigenvalue weighted by Crippen LogP contribution is 2.30. The lowest BCUT2D eigenvalue weighted by Gasteiger charge is -2.30. The number of nitrogens with one attached hydrogen (secondary N) is 2. The maximum atomic E-state index is 3.62. The van der Waals surface area contributed by atoms with Crippen LogP contribution in [-0.2, 0) is 0 Å². The fraction of sp³-hybridized carbons (Fsp3) is 1.00. The number of rotatable bonds is 4. The average molecular weight is 196 g/mol. The first-order chi connectivity index (χ1) is 6.84. The van der Waals surface area contributed by atoms with Crippen LogP contribution < -0.4 is 10.6 Å². The molecule has 2 heteroatoms. The number of hydrogen-bond acceptors (Lipinski definition) is 2. The predicted octanol–water partition coefficient (Wildman–Crippen LogP) is 1.76. The standard InChI is InChI=1S/C12H24N2/c1-10-3-2-4-11(7-10)5-6-14-12-8-13-9-12/h10-14H,2-9H2,1H3. The van der Waals surface area contributed by atoms with Crippen molar-refractivity contribution in [2.75, 3.05) is 19.6 Å². The Morgan fingerprint density at radius 2 is 2.14 bits per heavy atom. The summed E-state index contributed by atoms with van der Waals surface area (Å²) in [6.07, 6.45) is 7.30. The third kappa shape index (κ3) is 2.96. The van der Waals surface area contributed by atoms with Crippen molar-refractivity contribution in [2.45, 2.75) is 45.1 Å². The summed E-state index contributed by atoms with van der Waals surface area (Å²) < 4.78 is 0. The second kappa shape index (κ2) is 5.13. The van der Waals surface area contributed by atoms with Crippen LogP contribution in [0.5, 0.6) is 0 Å². The lowest BCUT2D eigenvalue weighted by atomic mass is 9.81. The molecule has 2 fully saturated rings. The average Bonchev–Trinajstić information content (AvgIpc) is 2.09. The predicted molar refractivity (Wildman–Crippen MR) is 60.4 cm³/mol. The van der Waals surface area contributed by atoms with Crippen molar-refractivity contribution in [3.63, 3.8) is 0 Å². The summed E-state index contributed by atoms with van der Waals surface area (Å²) in [5.41, 5.74) is 0. The van der Waals surface area contributed by atoms with Gasteiger partial charge in [0, 0.05) is 19.1 Å². The molecule has 14 heavy (non-hydrogen) atoms. The third-order valence-corrected chi connectivity index (χ3v) is 3.81. The summed E-state index contributed by atoms with van der Waals surface area (Å²) in [7, 11) is 0. The van der Waals surface area contributed by atoms with Gasteiger partial charge in [-0.05, 0) is 31.2 Å². The molecule has 0 spiro atoms. The van der Waals surface area contributed by atoms with Crippen molar-refractivity contribution in [3.8, 4) is 0 Å². The molecule has 0 amide bonds. The van der Waals surface area contributed by atoms with Gasteiger partial charge in [0.25, 0.3) is 0 Å². The van der Waals surface area contributed by atoms with Crippen molar-refractivity contribution in [1.29, 1.82) is 0 Å². The van der Waals surface area contributed by atoms with E-state index in [0.29, 0.717) is 0 Å². The van der Waals surface area contributed by atoms with Crippen LogP contribution in [0.1, 0.15) is 39.0 Å². The van der Waals surface area contributed by atoms with E-state index in [-0.39, 0.29) is 0 Å². The minimum absolute atomic E-state index is 0.774. The highest BCUT2D eigenvalue weighted by Gasteiger charge is 2.20. The molecule has 2 N–H and O–H groups in total. The number of hydrogen-bond donors (Lipinski definition) is 2. The summed E-state index contributed by atoms with van der Waals surface area (Å²) in [5, 5.41) is 6.91. The normalized spacial score (nSPS) is 34.1. The van der Waals surface area contributed by atoms with E-state index in [4.69, 9.17) is 0 Å². The Morgan fingerprint density at radius 1 is 1.29 bits per heavy atom. The summed E-state index contributed by atoms with van der Waals surface area (Å²) in [6.45, 7) is 6.02. The molecule has 1 saturated heterocycles. The van der Waals surface area contributed by atoms with Gasteiger partial charge in [0.15, 0.2) is 0 Å². The van der Waals surface area contributed by atoms with Crippen LogP contribution in [0.15, 0.2) is 0 Å². The van der Waals surface area contributed by atoms with E-state index in [1.54, 1.807) is 0 Å². The van der Waals surface area contributed by atoms with Crippen LogP contribution in [0.4, 0.5) is 0 Å². The van der Waals surface area contributed by atoms with Gasteiger partial charge in [-0.2, -0.15) is 0 Å². The molecular weight excluding hydrogens is 172 g/mol. The van der Waals surface area contributed by atoms with Gasteiger partial charge in [-0.15, -0.1) is 0 Å². The fourth-order valence-electron chi connectivity index (χ4n) is 2.75. The van der Waals surface area contributed by atoms with E-state index in [1.165, 1.54) is 51.7 Å². The third-order valence-electron chi connectivity index (χ3n) is 3.81. The van der Waals surface area contributed by atoms with Gasteiger partial charge >= 0.3 is 0 Å². The van der Waals surface area contributed by atoms with Gasteiger partial charge in [0.05, 0.1) is 0 Å². The molecule has 0 bridgehead atoms. The molecule has 82 valence electrons. The SMILES string of the molecule is CC1CCCC(CCNC2CNC2)C1. The molecule has 0 aromatic heterocycles. The Kier molecular flexibility index (Phi) is 3.82. The molecule has 2 atom stereocenters. The van der Waals surface area contributed by atoms with E-state index >= 15 is 0 Å². The lowest BCUT2D eigenvalue weighted by Crippen LogP contribution is -2.55. The zero-order valence-electron chi connectivity index (χ0n) is 9.39. The summed E-state index contributed by atoms with van der Waals surface area (Å²) >= 11 is 0. The zero-order valence-corrected chi connectivity index (χ0v) is 9.39. The quantitative estimate of drug-likeness (QED) is 0.716. The Labute approximate surface area is 87.8 Å². The second-order valence-corrected chi connectivity index (χ2v) is 5.24. The van der Waals surface area contributed by atoms with Gasteiger partial charge in [-0.25, -0.2) is 0 Å². The molecule has 0 radical (unpaired) electrons. The Balaban J connectivity index is 1.55. The Bertz CT molecular complexity index is 166. The summed E-state index contributed by atoms with van der Waals surface area (Å²) in [5.74, 6) is 2.00. The van der Waals surface area contributed by atoms with Crippen LogP contribution in [0.25, 0.3) is 0 Å². The Morgan fingerprint density at radius 3 is 2.79 bits per heavy atom. The van der Waals surface area contributed by atoms with E-state index in [9.17, 15) is 0 Å². The molecule has 2 nitrogen and oxygen atoms in total. The topological polar surface area (TPSA) is 24.1 Å². The van der Waals surface area contributed by atoms with Crippen molar-refractivity contribution < 1.29 is 0 Å². The van der Waals surface area contributed by atoms with E-state index in [1.807, 2.05) is 0 Å². The lowest BCUT2D eigenvalue weighted by molar-refractivity contribution is 0.259. The van der Waals surface area contributed by atoms with Crippen LogP contribution in [0.2, 0.25) is 0 Å².